The van der Waals surface area contributed by atoms with Crippen LogP contribution in [0.15, 0.2) is 23.1 Å². The molecule has 1 heterocycles. The Morgan fingerprint density at radius 1 is 1.32 bits per heavy atom. The van der Waals surface area contributed by atoms with Crippen molar-refractivity contribution in [1.82, 2.24) is 9.62 Å². The van der Waals surface area contributed by atoms with Crippen LogP contribution in [-0.2, 0) is 27.8 Å². The Balaban J connectivity index is 2.18. The maximum atomic E-state index is 12.5. The van der Waals surface area contributed by atoms with Gasteiger partial charge in [-0.25, -0.2) is 13.1 Å². The van der Waals surface area contributed by atoms with Gasteiger partial charge in [0.15, 0.2) is 0 Å². The Hall–Kier alpha value is -1.44. The van der Waals surface area contributed by atoms with Crippen LogP contribution in [0.5, 0.6) is 0 Å². The number of hydrogen-bond acceptors (Lipinski definition) is 4. The number of nitrogens with zero attached hydrogens (tertiary/aromatic N) is 1. The lowest BCUT2D eigenvalue weighted by Crippen LogP contribution is -2.42. The van der Waals surface area contributed by atoms with Gasteiger partial charge in [-0.3, -0.25) is 4.79 Å². The molecule has 0 spiro atoms. The highest BCUT2D eigenvalue weighted by Crippen LogP contribution is 2.26. The molecule has 0 aromatic heterocycles. The molecular weight excluding hydrogens is 340 g/mol. The fraction of sp³-hybridized carbons (Fsp3) is 0.611. The number of hydrogen-bond donors (Lipinski definition) is 2. The van der Waals surface area contributed by atoms with E-state index in [1.54, 1.807) is 24.0 Å². The summed E-state index contributed by atoms with van der Waals surface area (Å²) in [6.07, 6.45) is 0.536. The van der Waals surface area contributed by atoms with Crippen molar-refractivity contribution in [2.45, 2.75) is 58.1 Å². The van der Waals surface area contributed by atoms with Gasteiger partial charge in [0.1, 0.15) is 0 Å². The van der Waals surface area contributed by atoms with E-state index in [0.717, 1.165) is 17.5 Å². The fourth-order valence-corrected chi connectivity index (χ4v) is 3.93. The molecule has 0 bridgehead atoms. The Labute approximate surface area is 150 Å². The Morgan fingerprint density at radius 2 is 2.00 bits per heavy atom. The SMILES string of the molecule is C[C@H](O)CCNS(=O)(=O)c1ccc2c(c1)CN(C(=O)C(C)(C)C)CC2. The van der Waals surface area contributed by atoms with Crippen molar-refractivity contribution in [2.24, 2.45) is 5.41 Å². The summed E-state index contributed by atoms with van der Waals surface area (Å²) in [7, 11) is -3.62. The summed E-state index contributed by atoms with van der Waals surface area (Å²) in [5, 5.41) is 9.25. The minimum absolute atomic E-state index is 0.0708. The summed E-state index contributed by atoms with van der Waals surface area (Å²) in [5.74, 6) is 0.0708. The van der Waals surface area contributed by atoms with Gasteiger partial charge in [0.25, 0.3) is 0 Å². The summed E-state index contributed by atoms with van der Waals surface area (Å²) >= 11 is 0. The zero-order valence-corrected chi connectivity index (χ0v) is 16.2. The van der Waals surface area contributed by atoms with Crippen LogP contribution in [0.4, 0.5) is 0 Å². The molecule has 0 radical (unpaired) electrons. The van der Waals surface area contributed by atoms with Crippen molar-refractivity contribution in [3.8, 4) is 0 Å². The number of carbonyl (C=O) groups excluding carboxylic acids is 1. The molecule has 6 nitrogen and oxygen atoms in total. The monoisotopic (exact) mass is 368 g/mol. The van der Waals surface area contributed by atoms with Gasteiger partial charge in [0.2, 0.25) is 15.9 Å². The van der Waals surface area contributed by atoms with Crippen LogP contribution in [0.1, 0.15) is 45.2 Å². The number of amides is 1. The zero-order valence-electron chi connectivity index (χ0n) is 15.4. The molecule has 1 aromatic carbocycles. The van der Waals surface area contributed by atoms with E-state index in [9.17, 15) is 18.3 Å². The van der Waals surface area contributed by atoms with Gasteiger partial charge in [0, 0.05) is 25.0 Å². The average Bonchev–Trinajstić information content (AvgIpc) is 2.51. The molecule has 1 aromatic rings. The van der Waals surface area contributed by atoms with Gasteiger partial charge < -0.3 is 10.0 Å². The van der Waals surface area contributed by atoms with E-state index in [1.165, 1.54) is 0 Å². The standard InChI is InChI=1S/C18H28N2O4S/c1-13(21)7-9-19-25(23,24)16-6-5-14-8-10-20(12-15(14)11-16)17(22)18(2,3)4/h5-6,11,13,19,21H,7-10,12H2,1-4H3/t13-/m0/s1. The third-order valence-corrected chi connectivity index (χ3v) is 5.74. The topological polar surface area (TPSA) is 86.7 Å². The highest BCUT2D eigenvalue weighted by molar-refractivity contribution is 7.89. The van der Waals surface area contributed by atoms with Gasteiger partial charge in [0.05, 0.1) is 11.0 Å². The summed E-state index contributed by atoms with van der Waals surface area (Å²) < 4.78 is 27.3. The molecule has 1 atom stereocenters. The van der Waals surface area contributed by atoms with E-state index in [2.05, 4.69) is 4.72 Å². The fourth-order valence-electron chi connectivity index (χ4n) is 2.83. The number of nitrogens with one attached hydrogen (secondary N) is 1. The normalized spacial score (nSPS) is 16.4. The molecule has 1 amide bonds. The zero-order chi connectivity index (χ0) is 18.8. The first kappa shape index (κ1) is 19.9. The number of aliphatic hydroxyl groups excluding tert-OH is 1. The Bertz CT molecular complexity index is 736. The van der Waals surface area contributed by atoms with E-state index in [4.69, 9.17) is 0 Å². The van der Waals surface area contributed by atoms with E-state index >= 15 is 0 Å². The molecule has 1 aliphatic rings. The second kappa shape index (κ2) is 7.43. The lowest BCUT2D eigenvalue weighted by Gasteiger charge is -2.33. The van der Waals surface area contributed by atoms with Gasteiger partial charge in [-0.1, -0.05) is 26.8 Å². The Morgan fingerprint density at radius 3 is 2.60 bits per heavy atom. The first-order valence-electron chi connectivity index (χ1n) is 8.59. The predicted octanol–water partition coefficient (Wildman–Crippen LogP) is 1.67. The van der Waals surface area contributed by atoms with Crippen molar-refractivity contribution in [1.29, 1.82) is 0 Å². The van der Waals surface area contributed by atoms with Crippen LogP contribution in [0, 0.1) is 5.41 Å². The third kappa shape index (κ3) is 5.03. The van der Waals surface area contributed by atoms with Crippen LogP contribution in [0.3, 0.4) is 0 Å². The number of sulfonamides is 1. The van der Waals surface area contributed by atoms with Crippen molar-refractivity contribution in [3.05, 3.63) is 29.3 Å². The van der Waals surface area contributed by atoms with Crippen LogP contribution >= 0.6 is 0 Å². The minimum Gasteiger partial charge on any atom is -0.393 e. The van der Waals surface area contributed by atoms with Crippen molar-refractivity contribution in [2.75, 3.05) is 13.1 Å². The van der Waals surface area contributed by atoms with Crippen molar-refractivity contribution < 1.29 is 18.3 Å². The van der Waals surface area contributed by atoms with Crippen LogP contribution in [0.2, 0.25) is 0 Å². The molecule has 1 aliphatic heterocycles. The summed E-state index contributed by atoms with van der Waals surface area (Å²) in [6, 6.07) is 5.09. The number of carbonyl (C=O) groups is 1. The summed E-state index contributed by atoms with van der Waals surface area (Å²) in [6.45, 7) is 8.55. The van der Waals surface area contributed by atoms with E-state index < -0.39 is 21.5 Å². The summed E-state index contributed by atoms with van der Waals surface area (Å²) in [4.78, 5) is 14.5. The molecule has 0 fully saturated rings. The molecular formula is C18H28N2O4S. The molecule has 2 rings (SSSR count). The molecule has 0 unspecified atom stereocenters. The minimum atomic E-state index is -3.62. The van der Waals surface area contributed by atoms with Gasteiger partial charge in [-0.15, -0.1) is 0 Å². The first-order valence-corrected chi connectivity index (χ1v) is 10.1. The number of benzene rings is 1. The van der Waals surface area contributed by atoms with Crippen LogP contribution in [-0.4, -0.2) is 43.5 Å². The highest BCUT2D eigenvalue weighted by Gasteiger charge is 2.30. The molecule has 0 saturated heterocycles. The third-order valence-electron chi connectivity index (χ3n) is 4.28. The second-order valence-corrected chi connectivity index (χ2v) is 9.46. The van der Waals surface area contributed by atoms with Crippen LogP contribution in [0.25, 0.3) is 0 Å². The van der Waals surface area contributed by atoms with Crippen LogP contribution < -0.4 is 4.72 Å². The average molecular weight is 368 g/mol. The van der Waals surface area contributed by atoms with Gasteiger partial charge >= 0.3 is 0 Å². The van der Waals surface area contributed by atoms with E-state index in [1.807, 2.05) is 26.8 Å². The molecule has 7 heteroatoms. The molecule has 2 N–H and O–H groups in total. The lowest BCUT2D eigenvalue weighted by atomic mass is 9.92. The molecule has 0 saturated carbocycles. The number of fused-ring (bicyclic) bond motifs is 1. The molecule has 0 aliphatic carbocycles. The molecule has 25 heavy (non-hydrogen) atoms. The number of rotatable bonds is 5. The van der Waals surface area contributed by atoms with Crippen molar-refractivity contribution >= 4 is 15.9 Å². The maximum Gasteiger partial charge on any atom is 0.240 e. The van der Waals surface area contributed by atoms with E-state index in [-0.39, 0.29) is 17.3 Å². The van der Waals surface area contributed by atoms with Crippen molar-refractivity contribution in [3.63, 3.8) is 0 Å². The highest BCUT2D eigenvalue weighted by atomic mass is 32.2. The number of aliphatic hydroxyl groups is 1. The maximum absolute atomic E-state index is 12.5. The smallest absolute Gasteiger partial charge is 0.240 e. The Kier molecular flexibility index (Phi) is 5.91. The van der Waals surface area contributed by atoms with Gasteiger partial charge in [-0.05, 0) is 43.0 Å². The van der Waals surface area contributed by atoms with E-state index in [0.29, 0.717) is 19.5 Å². The second-order valence-electron chi connectivity index (χ2n) is 7.69. The van der Waals surface area contributed by atoms with Gasteiger partial charge in [-0.2, -0.15) is 0 Å². The molecule has 140 valence electrons. The lowest BCUT2D eigenvalue weighted by molar-refractivity contribution is -0.140. The predicted molar refractivity (Wildman–Crippen MR) is 96.5 cm³/mol. The quantitative estimate of drug-likeness (QED) is 0.828. The first-order chi connectivity index (χ1) is 11.5. The summed E-state index contributed by atoms with van der Waals surface area (Å²) in [5.41, 5.74) is 1.51. The largest absolute Gasteiger partial charge is 0.393 e.